The average molecular weight is 672 g/mol. The molecule has 0 saturated carbocycles. The number of carbonyl (C=O) groups is 5. The van der Waals surface area contributed by atoms with Gasteiger partial charge >= 0.3 is 6.09 Å². The van der Waals surface area contributed by atoms with E-state index >= 15 is 0 Å². The average Bonchev–Trinajstić information content (AvgIpc) is 2.98. The monoisotopic (exact) mass is 671 g/mol. The highest BCUT2D eigenvalue weighted by Crippen LogP contribution is 2.54. The van der Waals surface area contributed by atoms with E-state index in [1.165, 1.54) is 9.80 Å². The first-order valence-corrected chi connectivity index (χ1v) is 15.7. The summed E-state index contributed by atoms with van der Waals surface area (Å²) >= 11 is 0. The maximum absolute atomic E-state index is 14.3. The van der Waals surface area contributed by atoms with Crippen LogP contribution in [0.4, 0.5) is 16.2 Å². The molecule has 0 fully saturated rings. The number of ether oxygens (including phenoxy) is 1. The Morgan fingerprint density at radius 1 is 1.15 bits per heavy atom. The fourth-order valence-electron chi connectivity index (χ4n) is 7.09. The van der Waals surface area contributed by atoms with Crippen LogP contribution in [0.15, 0.2) is 28.7 Å². The zero-order valence-corrected chi connectivity index (χ0v) is 28.2. The van der Waals surface area contributed by atoms with Gasteiger partial charge in [0, 0.05) is 43.9 Å². The van der Waals surface area contributed by atoms with Crippen molar-refractivity contribution in [3.63, 3.8) is 0 Å². The molecule has 2 amide bonds. The van der Waals surface area contributed by atoms with Crippen LogP contribution in [0.25, 0.3) is 0 Å². The third kappa shape index (κ3) is 6.07. The number of primary amides is 1. The second kappa shape index (κ2) is 13.5. The molecule has 1 aromatic rings. The maximum atomic E-state index is 14.3. The SMILES string of the molecule is CC(C)COC(=O)N(CC=O)CC(C)Nc1cc(N(C)C)c2c(c1O)C(=O)C1=C(O)[C@]3(O)C(=O)C(C(N)=O)=C(O)[C@@H](N(C)C)[C@@H]3C[C@@H]1C2. The standard InChI is InChI=1S/C33H45N5O10/c1-15(2)14-48-32(46)38(8-9-39)13-16(3)35-20-12-21(36(4)5)18-10-17-11-19-25(37(6)7)28(42)24(31(34)45)30(44)33(19,47)29(43)22(17)27(41)23(18)26(20)40/h9,12,15-17,19,25,35,40,42-43,47H,8,10-11,13-14H2,1-7H3,(H2,34,45)/t16?,17-,19-,25-,33-/m0/s1. The predicted octanol–water partition coefficient (Wildman–Crippen LogP) is 1.28. The van der Waals surface area contributed by atoms with Crippen LogP contribution in [0.3, 0.4) is 0 Å². The summed E-state index contributed by atoms with van der Waals surface area (Å²) in [6.45, 7) is 5.41. The Morgan fingerprint density at radius 3 is 2.33 bits per heavy atom. The van der Waals surface area contributed by atoms with E-state index in [1.54, 1.807) is 46.1 Å². The van der Waals surface area contributed by atoms with Crippen molar-refractivity contribution < 1.29 is 49.1 Å². The fraction of sp³-hybridized carbons (Fsp3) is 0.545. The lowest BCUT2D eigenvalue weighted by Crippen LogP contribution is -2.63. The van der Waals surface area contributed by atoms with Gasteiger partial charge in [-0.05, 0) is 57.3 Å². The molecule has 48 heavy (non-hydrogen) atoms. The van der Waals surface area contributed by atoms with E-state index in [0.29, 0.717) is 17.5 Å². The normalized spacial score (nSPS) is 24.2. The molecule has 0 radical (unpaired) electrons. The maximum Gasteiger partial charge on any atom is 0.410 e. The number of likely N-dealkylation sites (N-methyl/N-ethyl adjacent to an activating group) is 1. The largest absolute Gasteiger partial charge is 0.510 e. The number of aromatic hydroxyl groups is 1. The zero-order chi connectivity index (χ0) is 36.0. The molecule has 7 N–H and O–H groups in total. The van der Waals surface area contributed by atoms with E-state index in [0.717, 1.165) is 0 Å². The lowest BCUT2D eigenvalue weighted by atomic mass is 9.58. The first-order valence-electron chi connectivity index (χ1n) is 15.7. The number of nitrogens with zero attached hydrogens (tertiary/aromatic N) is 3. The molecule has 3 aliphatic carbocycles. The van der Waals surface area contributed by atoms with Gasteiger partial charge in [0.2, 0.25) is 5.78 Å². The number of amides is 2. The van der Waals surface area contributed by atoms with E-state index in [2.05, 4.69) is 5.32 Å². The molecular weight excluding hydrogens is 626 g/mol. The van der Waals surface area contributed by atoms with Crippen LogP contribution in [0.2, 0.25) is 0 Å². The van der Waals surface area contributed by atoms with E-state index in [-0.39, 0.29) is 55.3 Å². The summed E-state index contributed by atoms with van der Waals surface area (Å²) in [6, 6.07) is -0.000314. The molecule has 15 heteroatoms. The number of aliphatic hydroxyl groups excluding tert-OH is 2. The van der Waals surface area contributed by atoms with Crippen molar-refractivity contribution in [1.82, 2.24) is 9.80 Å². The van der Waals surface area contributed by atoms with Crippen LogP contribution < -0.4 is 16.0 Å². The fourth-order valence-corrected chi connectivity index (χ4v) is 7.09. The first-order chi connectivity index (χ1) is 22.4. The number of aldehydes is 1. The summed E-state index contributed by atoms with van der Waals surface area (Å²) in [6.07, 6.45) is -0.0130. The summed E-state index contributed by atoms with van der Waals surface area (Å²) in [7, 11) is 6.63. The molecule has 262 valence electrons. The lowest BCUT2D eigenvalue weighted by molar-refractivity contribution is -0.148. The molecule has 15 nitrogen and oxygen atoms in total. The molecule has 3 aliphatic rings. The van der Waals surface area contributed by atoms with Gasteiger partial charge in [-0.15, -0.1) is 0 Å². The van der Waals surface area contributed by atoms with Gasteiger partial charge in [0.1, 0.15) is 29.1 Å². The van der Waals surface area contributed by atoms with Gasteiger partial charge < -0.3 is 45.9 Å². The van der Waals surface area contributed by atoms with E-state index in [4.69, 9.17) is 10.5 Å². The summed E-state index contributed by atoms with van der Waals surface area (Å²) in [5.41, 5.74) is 2.51. The predicted molar refractivity (Wildman–Crippen MR) is 175 cm³/mol. The van der Waals surface area contributed by atoms with Gasteiger partial charge in [0.15, 0.2) is 11.4 Å². The zero-order valence-electron chi connectivity index (χ0n) is 28.2. The molecular formula is C33H45N5O10. The number of anilines is 2. The minimum absolute atomic E-state index is 0.0115. The molecule has 0 heterocycles. The highest BCUT2D eigenvalue weighted by Gasteiger charge is 2.63. The van der Waals surface area contributed by atoms with Crippen molar-refractivity contribution in [3.05, 3.63) is 39.9 Å². The van der Waals surface area contributed by atoms with Crippen LogP contribution in [-0.4, -0.2) is 126 Å². The molecule has 0 saturated heterocycles. The van der Waals surface area contributed by atoms with Crippen LogP contribution >= 0.6 is 0 Å². The van der Waals surface area contributed by atoms with Gasteiger partial charge in [-0.1, -0.05) is 13.8 Å². The Balaban J connectivity index is 1.78. The van der Waals surface area contributed by atoms with Gasteiger partial charge in [-0.2, -0.15) is 0 Å². The first kappa shape index (κ1) is 36.2. The number of hydrogen-bond acceptors (Lipinski definition) is 13. The number of hydrogen-bond donors (Lipinski definition) is 6. The number of phenolic OH excluding ortho intramolecular Hbond substituents is 1. The minimum Gasteiger partial charge on any atom is -0.510 e. The van der Waals surface area contributed by atoms with E-state index in [1.807, 2.05) is 13.8 Å². The summed E-state index contributed by atoms with van der Waals surface area (Å²) in [4.78, 5) is 68.5. The van der Waals surface area contributed by atoms with Gasteiger partial charge in [0.05, 0.1) is 30.4 Å². The van der Waals surface area contributed by atoms with Crippen molar-refractivity contribution in [2.45, 2.75) is 51.3 Å². The smallest absolute Gasteiger partial charge is 0.410 e. The number of nitrogens with one attached hydrogen (secondary N) is 1. The molecule has 0 spiro atoms. The molecule has 1 unspecified atom stereocenters. The quantitative estimate of drug-likeness (QED) is 0.111. The van der Waals surface area contributed by atoms with Crippen LogP contribution in [-0.2, 0) is 25.5 Å². The van der Waals surface area contributed by atoms with E-state index < -0.39 is 75.9 Å². The molecule has 1 aromatic carbocycles. The van der Waals surface area contributed by atoms with Crippen molar-refractivity contribution in [1.29, 1.82) is 0 Å². The number of carbonyl (C=O) groups excluding carboxylic acids is 5. The Morgan fingerprint density at radius 2 is 1.79 bits per heavy atom. The number of Topliss-reactive ketones (excluding diaryl/α,β-unsaturated/α-hetero) is 2. The number of nitrogens with two attached hydrogens (primary N) is 1. The topological polar surface area (TPSA) is 223 Å². The second-order valence-corrected chi connectivity index (χ2v) is 13.6. The number of rotatable bonds is 11. The molecule has 4 rings (SSSR count). The summed E-state index contributed by atoms with van der Waals surface area (Å²) in [5, 5.41) is 49.1. The Hall–Kier alpha value is -4.63. The molecule has 0 aliphatic heterocycles. The van der Waals surface area contributed by atoms with Gasteiger partial charge in [-0.3, -0.25) is 24.2 Å². The highest BCUT2D eigenvalue weighted by atomic mass is 16.6. The minimum atomic E-state index is -2.75. The number of phenols is 1. The Labute approximate surface area is 278 Å². The summed E-state index contributed by atoms with van der Waals surface area (Å²) < 4.78 is 5.27. The molecule has 0 aromatic heterocycles. The number of aliphatic hydroxyl groups is 3. The number of ketones is 2. The van der Waals surface area contributed by atoms with Gasteiger partial charge in [-0.25, -0.2) is 4.79 Å². The van der Waals surface area contributed by atoms with Crippen LogP contribution in [0.1, 0.15) is 43.1 Å². The number of benzene rings is 1. The van der Waals surface area contributed by atoms with Crippen molar-refractivity contribution in [2.24, 2.45) is 23.5 Å². The summed E-state index contributed by atoms with van der Waals surface area (Å²) in [5.74, 6) is -7.25. The third-order valence-corrected chi connectivity index (χ3v) is 9.17. The van der Waals surface area contributed by atoms with Gasteiger partial charge in [0.25, 0.3) is 5.91 Å². The molecule has 5 atom stereocenters. The molecule has 0 bridgehead atoms. The van der Waals surface area contributed by atoms with Crippen molar-refractivity contribution >= 4 is 41.2 Å². The Bertz CT molecular complexity index is 1600. The van der Waals surface area contributed by atoms with Crippen molar-refractivity contribution in [2.75, 3.05) is 58.1 Å². The van der Waals surface area contributed by atoms with Crippen molar-refractivity contribution in [3.8, 4) is 5.75 Å². The number of allylic oxidation sites excluding steroid dienone is 1. The second-order valence-electron chi connectivity index (χ2n) is 13.6. The third-order valence-electron chi connectivity index (χ3n) is 9.17. The van der Waals surface area contributed by atoms with Crippen LogP contribution in [0.5, 0.6) is 5.75 Å². The lowest BCUT2D eigenvalue weighted by Gasteiger charge is -2.50. The van der Waals surface area contributed by atoms with E-state index in [9.17, 15) is 44.4 Å². The van der Waals surface area contributed by atoms with Crippen LogP contribution in [0, 0.1) is 17.8 Å². The highest BCUT2D eigenvalue weighted by molar-refractivity contribution is 6.25. The number of fused-ring (bicyclic) bond motifs is 3. The Kier molecular flexibility index (Phi) is 10.2.